The van der Waals surface area contributed by atoms with Gasteiger partial charge in [0.05, 0.1) is 0 Å². The minimum atomic E-state index is -0.583. The molecule has 0 saturated heterocycles. The average molecular weight is 596 g/mol. The zero-order valence-electron chi connectivity index (χ0n) is 4.59. The van der Waals surface area contributed by atoms with E-state index in [1.165, 1.54) is 0 Å². The molecule has 0 aromatic heterocycles. The van der Waals surface area contributed by atoms with Crippen LogP contribution in [0.1, 0.15) is 0 Å². The van der Waals surface area contributed by atoms with Gasteiger partial charge in [-0.2, -0.15) is 0 Å². The Kier molecular flexibility index (Phi) is 268. The van der Waals surface area contributed by atoms with Gasteiger partial charge in [0.15, 0.2) is 0 Å². The molecule has 0 N–H and O–H groups in total. The van der Waals surface area contributed by atoms with E-state index in [9.17, 15) is 0 Å². The van der Waals surface area contributed by atoms with E-state index in [4.69, 9.17) is 0 Å². The summed E-state index contributed by atoms with van der Waals surface area (Å²) in [4.78, 5) is 0. The van der Waals surface area contributed by atoms with Crippen molar-refractivity contribution in [2.75, 3.05) is 0 Å². The predicted molar refractivity (Wildman–Crippen MR) is 65.4 cm³/mol. The Bertz CT molecular complexity index is 68.1. The summed E-state index contributed by atoms with van der Waals surface area (Å²) in [5.41, 5.74) is 0. The topological polar surface area (TPSA) is 0 Å². The average Bonchev–Trinajstić information content (AvgIpc) is 1.39. The Morgan fingerprint density at radius 2 is 0.818 bits per heavy atom. The zero-order valence-corrected chi connectivity index (χ0v) is 17.5. The van der Waals surface area contributed by atoms with E-state index in [-0.39, 0.29) is 86.0 Å². The van der Waals surface area contributed by atoms with E-state index in [2.05, 4.69) is 39.3 Å². The van der Waals surface area contributed by atoms with Crippen LogP contribution in [0.2, 0.25) is 0 Å². The zero-order chi connectivity index (χ0) is 5.41. The summed E-state index contributed by atoms with van der Waals surface area (Å²) in [5, 5.41) is 0. The van der Waals surface area contributed by atoms with Gasteiger partial charge in [-0.05, 0) is 0 Å². The van der Waals surface area contributed by atoms with Crippen LogP contribution in [0.25, 0.3) is 0 Å². The molecule has 0 radical (unpaired) electrons. The molecule has 0 heterocycles. The van der Waals surface area contributed by atoms with Crippen molar-refractivity contribution in [1.29, 1.82) is 0 Å². The van der Waals surface area contributed by atoms with Crippen molar-refractivity contribution in [3.63, 3.8) is 0 Å². The van der Waals surface area contributed by atoms with Crippen LogP contribution in [0.3, 0.4) is 0 Å². The molecule has 0 aromatic rings. The Balaban J connectivity index is -0.00000000400. The first-order valence-electron chi connectivity index (χ1n) is 0.667. The summed E-state index contributed by atoms with van der Waals surface area (Å²) >= 11 is -0.947. The van der Waals surface area contributed by atoms with Gasteiger partial charge in [0.2, 0.25) is 0 Å². The summed E-state index contributed by atoms with van der Waals surface area (Å²) in [6.07, 6.45) is 0. The second-order valence-corrected chi connectivity index (χ2v) is 8.64. The molecule has 0 saturated carbocycles. The van der Waals surface area contributed by atoms with Crippen LogP contribution < -0.4 is 0 Å². The molecule has 0 aliphatic heterocycles. The van der Waals surface area contributed by atoms with Gasteiger partial charge in [-0.25, -0.2) is 0 Å². The molecule has 0 atom stereocenters. The number of hydrogen-bond donors (Lipinski definition) is 0. The number of thiol groups is 4. The summed E-state index contributed by atoms with van der Waals surface area (Å²) in [6.45, 7) is 0. The number of hydrogen-bond acceptors (Lipinski definition) is 8. The molecule has 0 fully saturated rings. The maximum atomic E-state index is 4.38. The molecule has 0 aliphatic rings. The van der Waals surface area contributed by atoms with E-state index in [0.29, 0.717) is 0 Å². The van der Waals surface area contributed by atoms with Crippen molar-refractivity contribution in [2.24, 2.45) is 0 Å². The van der Waals surface area contributed by atoms with Gasteiger partial charge in [-0.3, -0.25) is 0 Å². The van der Waals surface area contributed by atoms with Crippen LogP contribution in [0.5, 0.6) is 0 Å². The van der Waals surface area contributed by atoms with Crippen LogP contribution in [0.15, 0.2) is 0 Å². The Morgan fingerprint density at radius 1 is 0.818 bits per heavy atom. The summed E-state index contributed by atoms with van der Waals surface area (Å²) < 4.78 is 0. The van der Waals surface area contributed by atoms with Crippen LogP contribution in [0, 0.1) is 0 Å². The van der Waals surface area contributed by atoms with Gasteiger partial charge in [0.25, 0.3) is 0 Å². The maximum absolute atomic E-state index is 4.38. The molecule has 0 bridgehead atoms. The Morgan fingerprint density at radius 3 is 0.818 bits per heavy atom. The Labute approximate surface area is 137 Å². The first-order valence-corrected chi connectivity index (χ1v) is 14.1. The molecule has 72 valence electrons. The van der Waals surface area contributed by atoms with Gasteiger partial charge >= 0.3 is 86.2 Å². The molecule has 0 amide bonds. The van der Waals surface area contributed by atoms with Crippen LogP contribution in [-0.2, 0) is 101 Å². The summed E-state index contributed by atoms with van der Waals surface area (Å²) in [6, 6.07) is 0. The standard InChI is InChI=1S/Fe.Mo.4H2S.4S.W/h;;4*1H2;;;;;/q2*+2;;;;;;;;;/p-4. The fourth-order valence-electron chi connectivity index (χ4n) is 0. The van der Waals surface area contributed by atoms with Gasteiger partial charge in [-0.15, -0.1) is 0 Å². The molecule has 11 heavy (non-hydrogen) atoms. The molecule has 0 aromatic carbocycles. The fraction of sp³-hybridized carbons (Fsp3) is 0. The summed E-state index contributed by atoms with van der Waals surface area (Å²) in [7, 11) is 17.4. The van der Waals surface area contributed by atoms with Crippen molar-refractivity contribution < 1.29 is 46.9 Å². The van der Waals surface area contributed by atoms with Crippen molar-refractivity contribution in [1.82, 2.24) is 0 Å². The molecule has 11 heteroatoms. The third-order valence-corrected chi connectivity index (χ3v) is 0. The first-order chi connectivity index (χ1) is 2.83. The van der Waals surface area contributed by atoms with E-state index >= 15 is 0 Å². The summed E-state index contributed by atoms with van der Waals surface area (Å²) in [5.74, 6) is 0. The third-order valence-electron chi connectivity index (χ3n) is 0. The second kappa shape index (κ2) is 64.5. The second-order valence-electron chi connectivity index (χ2n) is 0.136. The SMILES string of the molecule is [Fe+2].[SH-].[SH-].[SH-].[SH-].[S]=[Mo+2]=[S].[S]=[W]=[S]. The fourth-order valence-corrected chi connectivity index (χ4v) is 0. The van der Waals surface area contributed by atoms with Gasteiger partial charge in [-0.1, -0.05) is 0 Å². The van der Waals surface area contributed by atoms with Crippen molar-refractivity contribution in [3.8, 4) is 0 Å². The Hall–Kier alpha value is 4.18. The molecular formula is H4FeMoS8W. The van der Waals surface area contributed by atoms with E-state index < -0.39 is 14.9 Å². The van der Waals surface area contributed by atoms with Gasteiger partial charge in [0.1, 0.15) is 0 Å². The minimum absolute atomic E-state index is 0. The van der Waals surface area contributed by atoms with Gasteiger partial charge in [0, 0.05) is 0 Å². The van der Waals surface area contributed by atoms with Crippen molar-refractivity contribution in [2.45, 2.75) is 0 Å². The molecule has 0 aliphatic carbocycles. The van der Waals surface area contributed by atoms with E-state index in [1.54, 1.807) is 0 Å². The number of rotatable bonds is 0. The van der Waals surface area contributed by atoms with Gasteiger partial charge < -0.3 is 54.0 Å². The van der Waals surface area contributed by atoms with Crippen molar-refractivity contribution in [3.05, 3.63) is 0 Å². The van der Waals surface area contributed by atoms with Crippen LogP contribution in [0.4, 0.5) is 0 Å². The normalized spacial score (nSPS) is 1.82. The molecule has 0 spiro atoms. The monoisotopic (exact) mass is 598 g/mol. The van der Waals surface area contributed by atoms with Crippen LogP contribution in [-0.4, -0.2) is 0 Å². The van der Waals surface area contributed by atoms with Crippen molar-refractivity contribution >= 4 is 93.3 Å². The quantitative estimate of drug-likeness (QED) is 0.232. The van der Waals surface area contributed by atoms with Crippen LogP contribution >= 0.6 is 39.3 Å². The molecule has 0 unspecified atom stereocenters. The van der Waals surface area contributed by atoms with E-state index in [0.717, 1.165) is 0 Å². The first kappa shape index (κ1) is 45.6. The van der Waals surface area contributed by atoms with E-state index in [1.807, 2.05) is 0 Å². The molecule has 0 nitrogen and oxygen atoms in total. The molecular weight excluding hydrogens is 592 g/mol. The molecule has 0 rings (SSSR count). The third kappa shape index (κ3) is 121. The predicted octanol–water partition coefficient (Wildman–Crippen LogP) is 1.50.